The van der Waals surface area contributed by atoms with Crippen LogP contribution >= 0.6 is 0 Å². The van der Waals surface area contributed by atoms with E-state index in [2.05, 4.69) is 16.1 Å². The van der Waals surface area contributed by atoms with Crippen LogP contribution in [0.25, 0.3) is 10.9 Å². The zero-order valence-corrected chi connectivity index (χ0v) is 14.5. The normalized spacial score (nSPS) is 18.0. The molecule has 2 aromatic heterocycles. The fourth-order valence-corrected chi connectivity index (χ4v) is 3.43. The van der Waals surface area contributed by atoms with Crippen LogP contribution in [0.4, 0.5) is 0 Å². The fraction of sp³-hybridized carbons (Fsp3) is 0.368. The molecule has 1 aliphatic heterocycles. The van der Waals surface area contributed by atoms with Gasteiger partial charge >= 0.3 is 0 Å². The second-order valence-corrected chi connectivity index (χ2v) is 6.63. The van der Waals surface area contributed by atoms with Crippen molar-refractivity contribution in [2.24, 2.45) is 0 Å². The highest BCUT2D eigenvalue weighted by atomic mass is 16.5. The number of rotatable bonds is 3. The molecule has 6 nitrogen and oxygen atoms in total. The van der Waals surface area contributed by atoms with E-state index in [1.807, 2.05) is 53.9 Å². The third-order valence-electron chi connectivity index (χ3n) is 4.71. The van der Waals surface area contributed by atoms with Crippen molar-refractivity contribution in [3.63, 3.8) is 0 Å². The molecule has 1 saturated heterocycles. The van der Waals surface area contributed by atoms with Crippen molar-refractivity contribution in [1.82, 2.24) is 19.7 Å². The third-order valence-corrected chi connectivity index (χ3v) is 4.71. The van der Waals surface area contributed by atoms with E-state index in [1.165, 1.54) is 0 Å². The topological polar surface area (TPSA) is 63.2 Å². The van der Waals surface area contributed by atoms with Crippen LogP contribution in [0.3, 0.4) is 0 Å². The summed E-state index contributed by atoms with van der Waals surface area (Å²) in [5, 5.41) is 5.60. The van der Waals surface area contributed by atoms with Gasteiger partial charge in [0.1, 0.15) is 0 Å². The Balaban J connectivity index is 1.48. The Hall–Kier alpha value is -2.60. The molecule has 0 spiro atoms. The molecule has 130 valence electrons. The summed E-state index contributed by atoms with van der Waals surface area (Å²) in [5.41, 5.74) is 3.81. The highest BCUT2D eigenvalue weighted by Crippen LogP contribution is 2.18. The summed E-state index contributed by atoms with van der Waals surface area (Å²) >= 11 is 0. The summed E-state index contributed by atoms with van der Waals surface area (Å²) in [6.07, 6.45) is 1.85. The van der Waals surface area contributed by atoms with Crippen molar-refractivity contribution in [3.8, 4) is 0 Å². The number of amides is 1. The first-order valence-electron chi connectivity index (χ1n) is 8.59. The Morgan fingerprint density at radius 1 is 1.32 bits per heavy atom. The second kappa shape index (κ2) is 6.37. The van der Waals surface area contributed by atoms with Crippen LogP contribution in [0.2, 0.25) is 0 Å². The number of morpholine rings is 1. The summed E-state index contributed by atoms with van der Waals surface area (Å²) < 4.78 is 7.82. The summed E-state index contributed by atoms with van der Waals surface area (Å²) in [5.74, 6) is 0.0539. The van der Waals surface area contributed by atoms with Gasteiger partial charge in [0.15, 0.2) is 0 Å². The van der Waals surface area contributed by atoms with Crippen molar-refractivity contribution in [1.29, 1.82) is 0 Å². The molecule has 0 saturated carbocycles. The number of ether oxygens (including phenoxy) is 1. The molecule has 1 atom stereocenters. The van der Waals surface area contributed by atoms with Crippen molar-refractivity contribution < 1.29 is 9.53 Å². The summed E-state index contributed by atoms with van der Waals surface area (Å²) in [6.45, 7) is 6.45. The van der Waals surface area contributed by atoms with Gasteiger partial charge in [-0.05, 0) is 43.5 Å². The van der Waals surface area contributed by atoms with E-state index in [9.17, 15) is 4.79 Å². The molecule has 3 heterocycles. The Bertz CT molecular complexity index is 911. The lowest BCUT2D eigenvalue weighted by atomic mass is 10.1. The minimum absolute atomic E-state index is 0.0371. The van der Waals surface area contributed by atoms with Crippen LogP contribution < -0.4 is 0 Å². The van der Waals surface area contributed by atoms with Crippen molar-refractivity contribution >= 4 is 16.8 Å². The first kappa shape index (κ1) is 15.9. The highest BCUT2D eigenvalue weighted by molar-refractivity contribution is 5.98. The van der Waals surface area contributed by atoms with Gasteiger partial charge in [-0.15, -0.1) is 0 Å². The molecule has 1 unspecified atom stereocenters. The smallest absolute Gasteiger partial charge is 0.254 e. The van der Waals surface area contributed by atoms with Gasteiger partial charge in [0.2, 0.25) is 0 Å². The van der Waals surface area contributed by atoms with Crippen molar-refractivity contribution in [2.45, 2.75) is 26.5 Å². The average Bonchev–Trinajstić information content (AvgIpc) is 3.20. The highest BCUT2D eigenvalue weighted by Gasteiger charge is 2.26. The Morgan fingerprint density at radius 3 is 3.00 bits per heavy atom. The molecule has 25 heavy (non-hydrogen) atoms. The number of nitrogens with one attached hydrogen (secondary N) is 1. The third kappa shape index (κ3) is 3.17. The van der Waals surface area contributed by atoms with E-state index < -0.39 is 0 Å². The maximum absolute atomic E-state index is 12.9. The number of benzene rings is 1. The van der Waals surface area contributed by atoms with Gasteiger partial charge in [-0.3, -0.25) is 9.48 Å². The molecule has 1 N–H and O–H groups in total. The van der Waals surface area contributed by atoms with Crippen LogP contribution in [-0.4, -0.2) is 51.4 Å². The zero-order chi connectivity index (χ0) is 17.4. The predicted octanol–water partition coefficient (Wildman–Crippen LogP) is 2.52. The summed E-state index contributed by atoms with van der Waals surface area (Å²) in [6, 6.07) is 9.85. The van der Waals surface area contributed by atoms with Gasteiger partial charge in [-0.25, -0.2) is 0 Å². The van der Waals surface area contributed by atoms with Crippen LogP contribution in [0.5, 0.6) is 0 Å². The maximum Gasteiger partial charge on any atom is 0.254 e. The molecule has 1 amide bonds. The Morgan fingerprint density at radius 2 is 2.20 bits per heavy atom. The lowest BCUT2D eigenvalue weighted by molar-refractivity contribution is -0.0302. The van der Waals surface area contributed by atoms with Crippen LogP contribution in [0.15, 0.2) is 36.5 Å². The number of hydrogen-bond donors (Lipinski definition) is 1. The van der Waals surface area contributed by atoms with Gasteiger partial charge < -0.3 is 14.6 Å². The first-order chi connectivity index (χ1) is 12.1. The summed E-state index contributed by atoms with van der Waals surface area (Å²) in [7, 11) is 0. The van der Waals surface area contributed by atoms with E-state index >= 15 is 0 Å². The summed E-state index contributed by atoms with van der Waals surface area (Å²) in [4.78, 5) is 17.9. The van der Waals surface area contributed by atoms with E-state index in [0.29, 0.717) is 31.8 Å². The molecule has 0 bridgehead atoms. The van der Waals surface area contributed by atoms with Crippen LogP contribution in [0.1, 0.15) is 21.7 Å². The molecule has 0 aliphatic carbocycles. The first-order valence-corrected chi connectivity index (χ1v) is 8.59. The minimum atomic E-state index is -0.0371. The molecule has 1 fully saturated rings. The molecular weight excluding hydrogens is 316 g/mol. The van der Waals surface area contributed by atoms with Gasteiger partial charge in [0.25, 0.3) is 5.91 Å². The number of aromatic amines is 1. The number of H-pyrrole nitrogens is 1. The van der Waals surface area contributed by atoms with Crippen LogP contribution in [0, 0.1) is 13.8 Å². The number of aryl methyl sites for hydroxylation is 2. The largest absolute Gasteiger partial charge is 0.373 e. The van der Waals surface area contributed by atoms with Crippen LogP contribution in [-0.2, 0) is 11.3 Å². The molecule has 1 aliphatic rings. The van der Waals surface area contributed by atoms with E-state index in [1.54, 1.807) is 0 Å². The molecule has 4 rings (SSSR count). The predicted molar refractivity (Wildman–Crippen MR) is 95.6 cm³/mol. The SMILES string of the molecule is Cc1cc(C)n(CC2CN(C(=O)c3ccc4cc[nH]c4c3)CCO2)n1. The Kier molecular flexibility index (Phi) is 4.05. The van der Waals surface area contributed by atoms with Gasteiger partial charge in [0, 0.05) is 36.1 Å². The number of fused-ring (bicyclic) bond motifs is 1. The van der Waals surface area contributed by atoms with Crippen molar-refractivity contribution in [2.75, 3.05) is 19.7 Å². The minimum Gasteiger partial charge on any atom is -0.373 e. The average molecular weight is 338 g/mol. The standard InChI is InChI=1S/C19H22N4O2/c1-13-9-14(2)23(21-13)12-17-11-22(7-8-25-17)19(24)16-4-3-15-5-6-20-18(15)10-16/h3-6,9-10,17,20H,7-8,11-12H2,1-2H3. The fourth-order valence-electron chi connectivity index (χ4n) is 3.43. The van der Waals surface area contributed by atoms with E-state index in [-0.39, 0.29) is 12.0 Å². The number of carbonyl (C=O) groups excluding carboxylic acids is 1. The molecule has 0 radical (unpaired) electrons. The van der Waals surface area contributed by atoms with Crippen molar-refractivity contribution in [3.05, 3.63) is 53.5 Å². The monoisotopic (exact) mass is 338 g/mol. The van der Waals surface area contributed by atoms with Gasteiger partial charge in [-0.2, -0.15) is 5.10 Å². The number of aromatic nitrogens is 3. The number of nitrogens with zero attached hydrogens (tertiary/aromatic N) is 3. The van der Waals surface area contributed by atoms with E-state index in [0.717, 1.165) is 22.3 Å². The lowest BCUT2D eigenvalue weighted by Gasteiger charge is -2.33. The van der Waals surface area contributed by atoms with E-state index in [4.69, 9.17) is 4.74 Å². The molecule has 6 heteroatoms. The Labute approximate surface area is 146 Å². The number of hydrogen-bond acceptors (Lipinski definition) is 3. The quantitative estimate of drug-likeness (QED) is 0.798. The zero-order valence-electron chi connectivity index (χ0n) is 14.5. The number of carbonyl (C=O) groups is 1. The maximum atomic E-state index is 12.9. The lowest BCUT2D eigenvalue weighted by Crippen LogP contribution is -2.47. The van der Waals surface area contributed by atoms with Gasteiger partial charge in [-0.1, -0.05) is 6.07 Å². The molecular formula is C19H22N4O2. The second-order valence-electron chi connectivity index (χ2n) is 6.63. The molecule has 3 aromatic rings. The van der Waals surface area contributed by atoms with Gasteiger partial charge in [0.05, 0.1) is 24.9 Å². The molecule has 1 aromatic carbocycles.